The molecule has 3 nitrogen and oxygen atoms in total. The van der Waals surface area contributed by atoms with Gasteiger partial charge in [0.15, 0.2) is 17.5 Å². The topological polar surface area (TPSA) is 38.7 Å². The molecule has 2 heterocycles. The number of benzene rings is 6. The van der Waals surface area contributed by atoms with Crippen LogP contribution >= 0.6 is 11.3 Å². The van der Waals surface area contributed by atoms with E-state index in [1.807, 2.05) is 17.4 Å². The van der Waals surface area contributed by atoms with Crippen LogP contribution in [0.25, 0.3) is 82.2 Å². The molecule has 0 N–H and O–H groups in total. The van der Waals surface area contributed by atoms with Crippen molar-refractivity contribution in [3.05, 3.63) is 169 Å². The second-order valence-electron chi connectivity index (χ2n) is 12.4. The van der Waals surface area contributed by atoms with Gasteiger partial charge in [-0.15, -0.1) is 11.3 Å². The molecule has 0 unspecified atom stereocenters. The first-order chi connectivity index (χ1) is 24.3. The van der Waals surface area contributed by atoms with Gasteiger partial charge in [-0.05, 0) is 64.4 Å². The third kappa shape index (κ3) is 5.67. The maximum Gasteiger partial charge on any atom is 0.164 e. The maximum atomic E-state index is 5.09. The summed E-state index contributed by atoms with van der Waals surface area (Å²) in [4.78, 5) is 15.3. The minimum Gasteiger partial charge on any atom is -0.208 e. The molecule has 49 heavy (non-hydrogen) atoms. The minimum atomic E-state index is 0.655. The summed E-state index contributed by atoms with van der Waals surface area (Å²) >= 11 is 1.85. The standard InChI is InChI=1S/C45H31N3S/c1-3-12-30(13-4-1)34-16-9-18-36(28-34)44-46-43(47-45(48-44)37-19-10-17-35(29-37)31-14-5-2-6-15-31)33-26-24-32(25-27-33)38-21-11-22-40-39-20-7-8-23-41(39)49-42(38)40/h1-5,7-14,16-29H,6,15H2. The predicted molar refractivity (Wildman–Crippen MR) is 206 cm³/mol. The quantitative estimate of drug-likeness (QED) is 0.181. The van der Waals surface area contributed by atoms with Crippen molar-refractivity contribution in [1.29, 1.82) is 0 Å². The summed E-state index contributed by atoms with van der Waals surface area (Å²) in [5.74, 6) is 1.97. The Kier molecular flexibility index (Phi) is 7.49. The van der Waals surface area contributed by atoms with Gasteiger partial charge in [0.2, 0.25) is 0 Å². The molecule has 0 bridgehead atoms. The molecule has 8 aromatic rings. The van der Waals surface area contributed by atoms with Crippen molar-refractivity contribution >= 4 is 37.1 Å². The molecule has 232 valence electrons. The Balaban J connectivity index is 1.15. The van der Waals surface area contributed by atoms with Crippen LogP contribution in [-0.4, -0.2) is 15.0 Å². The molecule has 0 fully saturated rings. The van der Waals surface area contributed by atoms with Crippen molar-refractivity contribution in [3.8, 4) is 56.4 Å². The van der Waals surface area contributed by atoms with Crippen LogP contribution in [0.4, 0.5) is 0 Å². The lowest BCUT2D eigenvalue weighted by Gasteiger charge is -2.12. The van der Waals surface area contributed by atoms with Gasteiger partial charge in [-0.25, -0.2) is 15.0 Å². The molecule has 0 radical (unpaired) electrons. The summed E-state index contributed by atoms with van der Waals surface area (Å²) in [6.45, 7) is 0. The molecular weight excluding hydrogens is 615 g/mol. The average molecular weight is 646 g/mol. The number of allylic oxidation sites excluding steroid dienone is 4. The van der Waals surface area contributed by atoms with E-state index in [0.717, 1.165) is 40.7 Å². The number of thiophene rings is 1. The predicted octanol–water partition coefficient (Wildman–Crippen LogP) is 12.3. The molecule has 2 aromatic heterocycles. The fourth-order valence-corrected chi connectivity index (χ4v) is 7.94. The molecule has 0 atom stereocenters. The van der Waals surface area contributed by atoms with Crippen LogP contribution in [0.2, 0.25) is 0 Å². The molecule has 9 rings (SSSR count). The first kappa shape index (κ1) is 29.2. The molecule has 0 saturated heterocycles. The first-order valence-corrected chi connectivity index (χ1v) is 17.5. The van der Waals surface area contributed by atoms with Crippen molar-refractivity contribution in [2.75, 3.05) is 0 Å². The van der Waals surface area contributed by atoms with Gasteiger partial charge in [-0.3, -0.25) is 0 Å². The highest BCUT2D eigenvalue weighted by molar-refractivity contribution is 7.26. The molecule has 6 aromatic carbocycles. The van der Waals surface area contributed by atoms with Gasteiger partial charge in [-0.2, -0.15) is 0 Å². The summed E-state index contributed by atoms with van der Waals surface area (Å²) in [5, 5.41) is 2.61. The van der Waals surface area contributed by atoms with E-state index in [9.17, 15) is 0 Å². The van der Waals surface area contributed by atoms with Crippen molar-refractivity contribution in [2.45, 2.75) is 12.8 Å². The van der Waals surface area contributed by atoms with E-state index in [2.05, 4.69) is 158 Å². The van der Waals surface area contributed by atoms with Gasteiger partial charge in [-0.1, -0.05) is 146 Å². The van der Waals surface area contributed by atoms with E-state index in [1.54, 1.807) is 0 Å². The van der Waals surface area contributed by atoms with Crippen molar-refractivity contribution in [1.82, 2.24) is 15.0 Å². The lowest BCUT2D eigenvalue weighted by atomic mass is 9.96. The van der Waals surface area contributed by atoms with Gasteiger partial charge in [0.05, 0.1) is 0 Å². The van der Waals surface area contributed by atoms with Crippen LogP contribution in [0.15, 0.2) is 164 Å². The average Bonchev–Trinajstić information content (AvgIpc) is 3.58. The Hall–Kier alpha value is -5.97. The fraction of sp³-hybridized carbons (Fsp3) is 0.0444. The Morgan fingerprint density at radius 3 is 1.80 bits per heavy atom. The zero-order valence-corrected chi connectivity index (χ0v) is 27.6. The maximum absolute atomic E-state index is 5.09. The molecule has 0 amide bonds. The van der Waals surface area contributed by atoms with E-state index < -0.39 is 0 Å². The summed E-state index contributed by atoms with van der Waals surface area (Å²) in [7, 11) is 0. The van der Waals surface area contributed by atoms with Gasteiger partial charge in [0.1, 0.15) is 0 Å². The highest BCUT2D eigenvalue weighted by Gasteiger charge is 2.16. The smallest absolute Gasteiger partial charge is 0.164 e. The second-order valence-corrected chi connectivity index (χ2v) is 13.4. The highest BCUT2D eigenvalue weighted by Crippen LogP contribution is 2.40. The lowest BCUT2D eigenvalue weighted by molar-refractivity contribution is 1.05. The van der Waals surface area contributed by atoms with Crippen LogP contribution in [-0.2, 0) is 0 Å². The number of rotatable bonds is 6. The lowest BCUT2D eigenvalue weighted by Crippen LogP contribution is -2.01. The summed E-state index contributed by atoms with van der Waals surface area (Å²) in [6, 6.07) is 51.4. The van der Waals surface area contributed by atoms with Crippen molar-refractivity contribution in [3.63, 3.8) is 0 Å². The Morgan fingerprint density at radius 1 is 0.449 bits per heavy atom. The molecule has 0 saturated carbocycles. The van der Waals surface area contributed by atoms with E-state index >= 15 is 0 Å². The molecule has 1 aliphatic rings. The Bertz CT molecular complexity index is 2540. The zero-order chi connectivity index (χ0) is 32.6. The van der Waals surface area contributed by atoms with Gasteiger partial charge >= 0.3 is 0 Å². The third-order valence-corrected chi connectivity index (χ3v) is 10.4. The molecule has 4 heteroatoms. The molecule has 1 aliphatic carbocycles. The molecular formula is C45H31N3S. The number of aromatic nitrogens is 3. The largest absolute Gasteiger partial charge is 0.208 e. The van der Waals surface area contributed by atoms with E-state index in [1.165, 1.54) is 42.4 Å². The van der Waals surface area contributed by atoms with Crippen LogP contribution in [0.5, 0.6) is 0 Å². The Labute approximate surface area is 289 Å². The zero-order valence-electron chi connectivity index (χ0n) is 26.8. The van der Waals surface area contributed by atoms with E-state index in [-0.39, 0.29) is 0 Å². The van der Waals surface area contributed by atoms with Crippen molar-refractivity contribution in [2.24, 2.45) is 0 Å². The van der Waals surface area contributed by atoms with Crippen LogP contribution in [0, 0.1) is 0 Å². The third-order valence-electron chi connectivity index (χ3n) is 9.23. The number of nitrogens with zero attached hydrogens (tertiary/aromatic N) is 3. The van der Waals surface area contributed by atoms with Gasteiger partial charge < -0.3 is 0 Å². The Morgan fingerprint density at radius 2 is 1.04 bits per heavy atom. The van der Waals surface area contributed by atoms with Crippen LogP contribution in [0.1, 0.15) is 18.4 Å². The summed E-state index contributed by atoms with van der Waals surface area (Å²) in [5.41, 5.74) is 10.1. The normalized spacial score (nSPS) is 12.8. The van der Waals surface area contributed by atoms with Crippen LogP contribution in [0.3, 0.4) is 0 Å². The molecule has 0 aliphatic heterocycles. The highest BCUT2D eigenvalue weighted by atomic mass is 32.1. The first-order valence-electron chi connectivity index (χ1n) is 16.7. The van der Waals surface area contributed by atoms with Crippen LogP contribution < -0.4 is 0 Å². The van der Waals surface area contributed by atoms with Gasteiger partial charge in [0.25, 0.3) is 0 Å². The molecule has 0 spiro atoms. The SMILES string of the molecule is C1=CCCC(c2cccc(-c3nc(-c4ccc(-c5cccc6c5sc5ccccc56)cc4)nc(-c4cccc(-c5ccccc5)c4)n3)c2)=C1. The number of hydrogen-bond acceptors (Lipinski definition) is 4. The van der Waals surface area contributed by atoms with E-state index in [4.69, 9.17) is 15.0 Å². The minimum absolute atomic E-state index is 0.655. The number of fused-ring (bicyclic) bond motifs is 3. The van der Waals surface area contributed by atoms with E-state index in [0.29, 0.717) is 17.5 Å². The monoisotopic (exact) mass is 645 g/mol. The summed E-state index contributed by atoms with van der Waals surface area (Å²) < 4.78 is 2.62. The van der Waals surface area contributed by atoms with Crippen molar-refractivity contribution < 1.29 is 0 Å². The number of hydrogen-bond donors (Lipinski definition) is 0. The second kappa shape index (κ2) is 12.6. The fourth-order valence-electron chi connectivity index (χ4n) is 6.71. The van der Waals surface area contributed by atoms with Gasteiger partial charge in [0, 0.05) is 36.9 Å². The summed E-state index contributed by atoms with van der Waals surface area (Å²) in [6.07, 6.45) is 8.66.